The molecule has 2 atom stereocenters. The van der Waals surface area contributed by atoms with Crippen molar-refractivity contribution in [1.29, 1.82) is 5.26 Å². The Bertz CT molecular complexity index is 906. The molecule has 0 spiro atoms. The van der Waals surface area contributed by atoms with E-state index in [4.69, 9.17) is 4.74 Å². The minimum absolute atomic E-state index is 0.136. The number of hydrogen-bond donors (Lipinski definition) is 1. The van der Waals surface area contributed by atoms with Gasteiger partial charge in [-0.1, -0.05) is 6.07 Å². The number of ether oxygens (including phenoxy) is 1. The molecule has 132 valence electrons. The predicted molar refractivity (Wildman–Crippen MR) is 99.1 cm³/mol. The number of nitriles is 1. The predicted octanol–water partition coefficient (Wildman–Crippen LogP) is 4.13. The molecule has 5 rings (SSSR count). The van der Waals surface area contributed by atoms with Gasteiger partial charge in [-0.25, -0.2) is 0 Å². The van der Waals surface area contributed by atoms with E-state index >= 15 is 0 Å². The molecule has 1 N–H and O–H groups in total. The summed E-state index contributed by atoms with van der Waals surface area (Å²) >= 11 is 0. The number of phenolic OH excluding ortho intramolecular Hbond substituents is 1. The number of para-hydroxylation sites is 1. The van der Waals surface area contributed by atoms with E-state index in [1.807, 2.05) is 24.3 Å². The highest BCUT2D eigenvalue weighted by Crippen LogP contribution is 2.53. The monoisotopic (exact) mass is 347 g/mol. The molecule has 2 bridgehead atoms. The van der Waals surface area contributed by atoms with Crippen LogP contribution in [0.25, 0.3) is 0 Å². The maximum atomic E-state index is 10.4. The number of benzene rings is 2. The minimum atomic E-state index is 0.136. The molecular formula is C21H21N3O2. The van der Waals surface area contributed by atoms with Gasteiger partial charge in [-0.2, -0.15) is 5.26 Å². The second-order valence-corrected chi connectivity index (χ2v) is 7.57. The van der Waals surface area contributed by atoms with Gasteiger partial charge in [-0.3, -0.25) is 0 Å². The second kappa shape index (κ2) is 5.65. The minimum Gasteiger partial charge on any atom is -0.504 e. The fraction of sp³-hybridized carbons (Fsp3) is 0.381. The molecule has 0 radical (unpaired) electrons. The van der Waals surface area contributed by atoms with Crippen LogP contribution >= 0.6 is 0 Å². The summed E-state index contributed by atoms with van der Waals surface area (Å²) in [5.74, 6) is 1.27. The Hall–Kier alpha value is -2.71. The van der Waals surface area contributed by atoms with Gasteiger partial charge in [-0.15, -0.1) is 0 Å². The third-order valence-electron chi connectivity index (χ3n) is 6.23. The summed E-state index contributed by atoms with van der Waals surface area (Å²) in [4.78, 5) is 4.85. The topological polar surface area (TPSA) is 59.7 Å². The number of hydrogen-bond acceptors (Lipinski definition) is 5. The zero-order chi connectivity index (χ0) is 17.8. The molecule has 2 fully saturated rings. The maximum absolute atomic E-state index is 10.4. The van der Waals surface area contributed by atoms with Crippen LogP contribution in [0.2, 0.25) is 0 Å². The van der Waals surface area contributed by atoms with Crippen LogP contribution in [-0.2, 0) is 0 Å². The van der Waals surface area contributed by atoms with Gasteiger partial charge < -0.3 is 19.6 Å². The van der Waals surface area contributed by atoms with Crippen LogP contribution < -0.4 is 9.64 Å². The standard InChI is InChI=1S/C21H21N3O2/c1-23-14-6-7-15(23)11-16(10-14)24-17-8-5-13(12-22)9-20(17)26-21-18(24)3-2-4-19(21)25/h2-5,8-9,14-16,25H,6-7,10-11H2,1H3. The summed E-state index contributed by atoms with van der Waals surface area (Å²) in [7, 11) is 2.24. The van der Waals surface area contributed by atoms with Gasteiger partial charge in [0.2, 0.25) is 0 Å². The first-order valence-corrected chi connectivity index (χ1v) is 9.21. The van der Waals surface area contributed by atoms with Crippen molar-refractivity contribution in [3.05, 3.63) is 42.0 Å². The fourth-order valence-electron chi connectivity index (χ4n) is 4.90. The maximum Gasteiger partial charge on any atom is 0.192 e. The molecule has 26 heavy (non-hydrogen) atoms. The highest BCUT2D eigenvalue weighted by molar-refractivity contribution is 5.81. The number of fused-ring (bicyclic) bond motifs is 4. The van der Waals surface area contributed by atoms with Crippen LogP contribution in [0.1, 0.15) is 31.2 Å². The van der Waals surface area contributed by atoms with Crippen molar-refractivity contribution in [3.63, 3.8) is 0 Å². The van der Waals surface area contributed by atoms with Crippen molar-refractivity contribution in [1.82, 2.24) is 4.90 Å². The van der Waals surface area contributed by atoms with E-state index in [1.54, 1.807) is 12.1 Å². The van der Waals surface area contributed by atoms with Crippen LogP contribution in [0, 0.1) is 11.3 Å². The molecule has 0 aliphatic carbocycles. The van der Waals surface area contributed by atoms with E-state index in [0.29, 0.717) is 35.2 Å². The Morgan fingerprint density at radius 1 is 1.08 bits per heavy atom. The molecule has 3 heterocycles. The fourth-order valence-corrected chi connectivity index (χ4v) is 4.90. The quantitative estimate of drug-likeness (QED) is 0.840. The SMILES string of the molecule is CN1C2CCC1CC(N1c3ccc(C#N)cc3Oc3c(O)cccc31)C2. The number of nitrogens with zero attached hydrogens (tertiary/aromatic N) is 3. The van der Waals surface area contributed by atoms with Crippen molar-refractivity contribution in [2.24, 2.45) is 0 Å². The van der Waals surface area contributed by atoms with Crippen LogP contribution in [0.5, 0.6) is 17.2 Å². The van der Waals surface area contributed by atoms with E-state index in [9.17, 15) is 10.4 Å². The lowest BCUT2D eigenvalue weighted by Gasteiger charge is -2.44. The molecule has 2 aromatic rings. The van der Waals surface area contributed by atoms with E-state index in [0.717, 1.165) is 24.2 Å². The van der Waals surface area contributed by atoms with Crippen LogP contribution in [-0.4, -0.2) is 35.2 Å². The first kappa shape index (κ1) is 15.5. The Labute approximate surface area is 153 Å². The summed E-state index contributed by atoms with van der Waals surface area (Å²) in [6.45, 7) is 0. The Kier molecular flexibility index (Phi) is 3.38. The van der Waals surface area contributed by atoms with Gasteiger partial charge in [0.25, 0.3) is 0 Å². The zero-order valence-electron chi connectivity index (χ0n) is 14.7. The number of piperidine rings is 1. The van der Waals surface area contributed by atoms with E-state index in [2.05, 4.69) is 22.9 Å². The lowest BCUT2D eigenvalue weighted by molar-refractivity contribution is 0.162. The van der Waals surface area contributed by atoms with Crippen molar-refractivity contribution in [2.75, 3.05) is 11.9 Å². The van der Waals surface area contributed by atoms with Crippen LogP contribution in [0.4, 0.5) is 11.4 Å². The molecule has 0 amide bonds. The van der Waals surface area contributed by atoms with Gasteiger partial charge in [0.15, 0.2) is 17.2 Å². The van der Waals surface area contributed by atoms with E-state index in [1.165, 1.54) is 12.8 Å². The van der Waals surface area contributed by atoms with Crippen molar-refractivity contribution in [2.45, 2.75) is 43.8 Å². The molecule has 2 saturated heterocycles. The lowest BCUT2D eigenvalue weighted by atomic mass is 9.94. The summed E-state index contributed by atoms with van der Waals surface area (Å²) in [5.41, 5.74) is 2.46. The summed E-state index contributed by atoms with van der Waals surface area (Å²) < 4.78 is 6.01. The first-order valence-electron chi connectivity index (χ1n) is 9.21. The Morgan fingerprint density at radius 3 is 2.58 bits per heavy atom. The number of aromatic hydroxyl groups is 1. The van der Waals surface area contributed by atoms with Gasteiger partial charge in [0, 0.05) is 24.2 Å². The highest BCUT2D eigenvalue weighted by atomic mass is 16.5. The smallest absolute Gasteiger partial charge is 0.192 e. The average molecular weight is 347 g/mol. The molecule has 0 aromatic heterocycles. The summed E-state index contributed by atoms with van der Waals surface area (Å²) in [5, 5.41) is 19.6. The average Bonchev–Trinajstić information content (AvgIpc) is 2.87. The molecule has 3 aliphatic heterocycles. The third kappa shape index (κ3) is 2.19. The first-order chi connectivity index (χ1) is 12.7. The molecule has 2 unspecified atom stereocenters. The van der Waals surface area contributed by atoms with Crippen LogP contribution in [0.15, 0.2) is 36.4 Å². The Morgan fingerprint density at radius 2 is 1.85 bits per heavy atom. The number of rotatable bonds is 1. The zero-order valence-corrected chi connectivity index (χ0v) is 14.7. The lowest BCUT2D eigenvalue weighted by Crippen LogP contribution is -2.48. The number of anilines is 2. The third-order valence-corrected chi connectivity index (χ3v) is 6.23. The van der Waals surface area contributed by atoms with Gasteiger partial charge in [-0.05, 0) is 57.0 Å². The number of phenols is 1. The van der Waals surface area contributed by atoms with Crippen molar-refractivity contribution < 1.29 is 9.84 Å². The highest BCUT2D eigenvalue weighted by Gasteiger charge is 2.43. The second-order valence-electron chi connectivity index (χ2n) is 7.57. The molecule has 2 aromatic carbocycles. The van der Waals surface area contributed by atoms with Crippen molar-refractivity contribution in [3.8, 4) is 23.3 Å². The normalized spacial score (nSPS) is 26.6. The van der Waals surface area contributed by atoms with Gasteiger partial charge in [0.1, 0.15) is 0 Å². The van der Waals surface area contributed by atoms with Crippen LogP contribution in [0.3, 0.4) is 0 Å². The van der Waals surface area contributed by atoms with E-state index in [-0.39, 0.29) is 5.75 Å². The van der Waals surface area contributed by atoms with Crippen molar-refractivity contribution >= 4 is 11.4 Å². The van der Waals surface area contributed by atoms with Gasteiger partial charge in [0.05, 0.1) is 23.0 Å². The van der Waals surface area contributed by atoms with E-state index < -0.39 is 0 Å². The molecule has 3 aliphatic rings. The molecule has 5 heteroatoms. The molecule has 5 nitrogen and oxygen atoms in total. The summed E-state index contributed by atoms with van der Waals surface area (Å²) in [6.07, 6.45) is 4.72. The van der Waals surface area contributed by atoms with Gasteiger partial charge >= 0.3 is 0 Å². The summed E-state index contributed by atoms with van der Waals surface area (Å²) in [6, 6.07) is 14.9. The Balaban J connectivity index is 1.63. The largest absolute Gasteiger partial charge is 0.504 e. The molecular weight excluding hydrogens is 326 g/mol. The molecule has 0 saturated carbocycles.